The van der Waals surface area contributed by atoms with Crippen LogP contribution in [-0.2, 0) is 11.3 Å². The normalized spacial score (nSPS) is 17.4. The molecule has 6 heteroatoms. The first kappa shape index (κ1) is 19.9. The first-order valence-electron chi connectivity index (χ1n) is 10.2. The highest BCUT2D eigenvalue weighted by Gasteiger charge is 2.28. The average molecular weight is 409 g/mol. The van der Waals surface area contributed by atoms with E-state index < -0.39 is 0 Å². The van der Waals surface area contributed by atoms with E-state index in [0.29, 0.717) is 13.1 Å². The summed E-state index contributed by atoms with van der Waals surface area (Å²) in [6, 6.07) is 16.8. The minimum absolute atomic E-state index is 0.0784. The summed E-state index contributed by atoms with van der Waals surface area (Å²) < 4.78 is 1.22. The van der Waals surface area contributed by atoms with Crippen molar-refractivity contribution in [2.24, 2.45) is 0 Å². The number of nitrogens with one attached hydrogen (secondary N) is 1. The van der Waals surface area contributed by atoms with Gasteiger partial charge in [0.25, 0.3) is 0 Å². The first-order chi connectivity index (χ1) is 14.1. The highest BCUT2D eigenvalue weighted by molar-refractivity contribution is 7.18. The summed E-state index contributed by atoms with van der Waals surface area (Å²) in [6.07, 6.45) is 3.40. The lowest BCUT2D eigenvalue weighted by atomic mass is 10.0. The second-order valence-electron chi connectivity index (χ2n) is 7.84. The van der Waals surface area contributed by atoms with Crippen molar-refractivity contribution in [3.63, 3.8) is 0 Å². The monoisotopic (exact) mass is 408 g/mol. The summed E-state index contributed by atoms with van der Waals surface area (Å²) in [5.41, 5.74) is 3.33. The number of thiazole rings is 1. The quantitative estimate of drug-likeness (QED) is 0.664. The van der Waals surface area contributed by atoms with Crippen molar-refractivity contribution in [2.75, 3.05) is 32.1 Å². The largest absolute Gasteiger partial charge is 0.378 e. The number of carbonyl (C=O) groups excluding carboxylic acids is 1. The number of likely N-dealkylation sites (tertiary alicyclic amines) is 1. The van der Waals surface area contributed by atoms with Gasteiger partial charge in [-0.2, -0.15) is 0 Å². The Hall–Kier alpha value is -2.44. The lowest BCUT2D eigenvalue weighted by Crippen LogP contribution is -2.41. The molecule has 3 aromatic rings. The summed E-state index contributed by atoms with van der Waals surface area (Å²) >= 11 is 1.76. The molecule has 0 aliphatic carbocycles. The Morgan fingerprint density at radius 1 is 1.17 bits per heavy atom. The number of anilines is 1. The van der Waals surface area contributed by atoms with Crippen molar-refractivity contribution in [1.82, 2.24) is 15.2 Å². The van der Waals surface area contributed by atoms with Gasteiger partial charge in [0.05, 0.1) is 22.8 Å². The summed E-state index contributed by atoms with van der Waals surface area (Å²) in [5, 5.41) is 4.22. The van der Waals surface area contributed by atoms with E-state index in [1.807, 2.05) is 20.2 Å². The van der Waals surface area contributed by atoms with Crippen molar-refractivity contribution in [3.8, 4) is 0 Å². The number of aromatic nitrogens is 1. The van der Waals surface area contributed by atoms with Crippen LogP contribution in [0.4, 0.5) is 5.69 Å². The molecule has 1 fully saturated rings. The zero-order valence-corrected chi connectivity index (χ0v) is 17.9. The number of piperidine rings is 1. The van der Waals surface area contributed by atoms with E-state index in [-0.39, 0.29) is 11.9 Å². The third-order valence-electron chi connectivity index (χ3n) is 5.50. The third kappa shape index (κ3) is 4.77. The molecule has 1 atom stereocenters. The number of fused-ring (bicyclic) bond motifs is 1. The fraction of sp³-hybridized carbons (Fsp3) is 0.391. The molecular weight excluding hydrogens is 380 g/mol. The zero-order chi connectivity index (χ0) is 20.2. The van der Waals surface area contributed by atoms with Crippen molar-refractivity contribution >= 4 is 33.1 Å². The highest BCUT2D eigenvalue weighted by atomic mass is 32.1. The molecule has 1 aromatic heterocycles. The minimum atomic E-state index is 0.0784. The van der Waals surface area contributed by atoms with Gasteiger partial charge in [-0.25, -0.2) is 4.98 Å². The summed E-state index contributed by atoms with van der Waals surface area (Å²) in [7, 11) is 4.05. The molecule has 1 aliphatic rings. The van der Waals surface area contributed by atoms with Crippen molar-refractivity contribution in [1.29, 1.82) is 0 Å². The van der Waals surface area contributed by atoms with E-state index >= 15 is 0 Å². The van der Waals surface area contributed by atoms with Crippen molar-refractivity contribution < 1.29 is 4.79 Å². The molecular formula is C23H28N4OS. The molecule has 1 saturated heterocycles. The molecule has 29 heavy (non-hydrogen) atoms. The standard InChI is InChI=1S/C23H28N4OS/c1-26(2)18-12-10-17(11-13-18)15-24-22(28)16-27-14-6-5-8-20(27)23-25-19-7-3-4-9-21(19)29-23/h3-4,7,9-13,20H,5-6,8,14-16H2,1-2H3,(H,24,28)/t20-/m1/s1. The van der Waals surface area contributed by atoms with Crippen LogP contribution in [0.15, 0.2) is 48.5 Å². The predicted molar refractivity (Wildman–Crippen MR) is 120 cm³/mol. The molecule has 1 N–H and O–H groups in total. The van der Waals surface area contributed by atoms with Gasteiger partial charge in [0.2, 0.25) is 5.91 Å². The van der Waals surface area contributed by atoms with Crippen LogP contribution < -0.4 is 10.2 Å². The van der Waals surface area contributed by atoms with Crippen molar-refractivity contribution in [2.45, 2.75) is 31.8 Å². The van der Waals surface area contributed by atoms with Gasteiger partial charge in [-0.15, -0.1) is 11.3 Å². The summed E-state index contributed by atoms with van der Waals surface area (Å²) in [6.45, 7) is 1.94. The maximum Gasteiger partial charge on any atom is 0.234 e. The van der Waals surface area contributed by atoms with Gasteiger partial charge in [-0.05, 0) is 49.2 Å². The van der Waals surface area contributed by atoms with E-state index in [1.165, 1.54) is 11.1 Å². The SMILES string of the molecule is CN(C)c1ccc(CNC(=O)CN2CCCC[C@@H]2c2nc3ccccc3s2)cc1. The van der Waals surface area contributed by atoms with E-state index in [4.69, 9.17) is 4.98 Å². The number of hydrogen-bond acceptors (Lipinski definition) is 5. The first-order valence-corrected chi connectivity index (χ1v) is 11.0. The highest BCUT2D eigenvalue weighted by Crippen LogP contribution is 2.35. The Bertz CT molecular complexity index is 933. The topological polar surface area (TPSA) is 48.5 Å². The molecule has 5 nitrogen and oxygen atoms in total. The van der Waals surface area contributed by atoms with Crippen LogP contribution in [0.5, 0.6) is 0 Å². The number of amides is 1. The van der Waals surface area contributed by atoms with E-state index in [0.717, 1.165) is 41.2 Å². The zero-order valence-electron chi connectivity index (χ0n) is 17.1. The Morgan fingerprint density at radius 2 is 1.97 bits per heavy atom. The van der Waals surface area contributed by atoms with Gasteiger partial charge in [0.1, 0.15) is 5.01 Å². The van der Waals surface area contributed by atoms with E-state index in [9.17, 15) is 4.79 Å². The van der Waals surface area contributed by atoms with Crippen LogP contribution in [-0.4, -0.2) is 43.0 Å². The van der Waals surface area contributed by atoms with E-state index in [2.05, 4.69) is 57.6 Å². The molecule has 0 radical (unpaired) electrons. The number of hydrogen-bond donors (Lipinski definition) is 1. The molecule has 2 aromatic carbocycles. The van der Waals surface area contributed by atoms with Gasteiger partial charge in [0.15, 0.2) is 0 Å². The molecule has 0 bridgehead atoms. The maximum absolute atomic E-state index is 12.6. The van der Waals surface area contributed by atoms with Gasteiger partial charge in [-0.1, -0.05) is 30.7 Å². The molecule has 1 aliphatic heterocycles. The van der Waals surface area contributed by atoms with Crippen LogP contribution in [0, 0.1) is 0 Å². The summed E-state index contributed by atoms with van der Waals surface area (Å²) in [5.74, 6) is 0.0784. The lowest BCUT2D eigenvalue weighted by molar-refractivity contribution is -0.123. The van der Waals surface area contributed by atoms with Gasteiger partial charge in [-0.3, -0.25) is 9.69 Å². The maximum atomic E-state index is 12.6. The number of para-hydroxylation sites is 1. The number of nitrogens with zero attached hydrogens (tertiary/aromatic N) is 3. The molecule has 2 heterocycles. The van der Waals surface area contributed by atoms with Crippen LogP contribution in [0.25, 0.3) is 10.2 Å². The molecule has 0 unspecified atom stereocenters. The molecule has 0 spiro atoms. The predicted octanol–water partition coefficient (Wildman–Crippen LogP) is 4.21. The number of benzene rings is 2. The van der Waals surface area contributed by atoms with Gasteiger partial charge >= 0.3 is 0 Å². The number of rotatable bonds is 6. The molecule has 0 saturated carbocycles. The van der Waals surface area contributed by atoms with Crippen LogP contribution in [0.1, 0.15) is 35.9 Å². The van der Waals surface area contributed by atoms with Gasteiger partial charge < -0.3 is 10.2 Å². The van der Waals surface area contributed by atoms with E-state index in [1.54, 1.807) is 11.3 Å². The minimum Gasteiger partial charge on any atom is -0.378 e. The van der Waals surface area contributed by atoms with Crippen LogP contribution in [0.3, 0.4) is 0 Å². The number of carbonyl (C=O) groups is 1. The third-order valence-corrected chi connectivity index (χ3v) is 6.64. The fourth-order valence-corrected chi connectivity index (χ4v) is 4.98. The average Bonchev–Trinajstić information content (AvgIpc) is 3.17. The van der Waals surface area contributed by atoms with Crippen LogP contribution >= 0.6 is 11.3 Å². The Labute approximate surface area is 176 Å². The Balaban J connectivity index is 1.38. The van der Waals surface area contributed by atoms with Crippen molar-refractivity contribution in [3.05, 3.63) is 59.1 Å². The molecule has 4 rings (SSSR count). The molecule has 152 valence electrons. The second kappa shape index (κ2) is 8.93. The fourth-order valence-electron chi connectivity index (χ4n) is 3.85. The summed E-state index contributed by atoms with van der Waals surface area (Å²) in [4.78, 5) is 21.8. The second-order valence-corrected chi connectivity index (χ2v) is 8.90. The molecule has 1 amide bonds. The Kier molecular flexibility index (Phi) is 6.11. The smallest absolute Gasteiger partial charge is 0.234 e. The van der Waals surface area contributed by atoms with Gasteiger partial charge in [0, 0.05) is 26.3 Å². The van der Waals surface area contributed by atoms with Crippen LogP contribution in [0.2, 0.25) is 0 Å². The lowest BCUT2D eigenvalue weighted by Gasteiger charge is -2.33. The Morgan fingerprint density at radius 3 is 2.72 bits per heavy atom.